The lowest BCUT2D eigenvalue weighted by Crippen LogP contribution is -2.59. The van der Waals surface area contributed by atoms with E-state index in [1.165, 1.54) is 17.0 Å². The maximum absolute atomic E-state index is 14.6. The lowest BCUT2D eigenvalue weighted by molar-refractivity contribution is -0.00598. The summed E-state index contributed by atoms with van der Waals surface area (Å²) in [5.41, 5.74) is 0.542. The number of rotatable bonds is 6. The molecule has 5 rings (SSSR count). The normalized spacial score (nSPS) is 28.4. The molecule has 2 heterocycles. The Kier molecular flexibility index (Phi) is 7.15. The number of aliphatic imine (C=N–C) groups is 1. The van der Waals surface area contributed by atoms with Gasteiger partial charge in [-0.15, -0.1) is 0 Å². The Hall–Kier alpha value is -3.07. The largest absolute Gasteiger partial charge is 0.491 e. The first-order valence-electron chi connectivity index (χ1n) is 13.4. The highest BCUT2D eigenvalue weighted by Gasteiger charge is 2.56. The number of carbonyl (C=O) groups excluding carboxylic acids is 1. The summed E-state index contributed by atoms with van der Waals surface area (Å²) >= 11 is 0. The van der Waals surface area contributed by atoms with Crippen LogP contribution in [0, 0.1) is 5.82 Å². The number of hydrogen-bond donors (Lipinski definition) is 1. The van der Waals surface area contributed by atoms with Gasteiger partial charge in [-0.25, -0.2) is 18.0 Å². The number of alkyl halides is 2. The highest BCUT2D eigenvalue weighted by Crippen LogP contribution is 2.43. The van der Waals surface area contributed by atoms with Crippen molar-refractivity contribution in [1.29, 1.82) is 0 Å². The molecule has 0 unspecified atom stereocenters. The first-order chi connectivity index (χ1) is 18.1. The number of benzene rings is 2. The molecule has 3 atom stereocenters. The molecule has 3 fully saturated rings. The molecule has 2 aromatic rings. The van der Waals surface area contributed by atoms with Crippen LogP contribution >= 0.6 is 0 Å². The number of amidine groups is 1. The van der Waals surface area contributed by atoms with Crippen molar-refractivity contribution in [2.45, 2.75) is 89.1 Å². The van der Waals surface area contributed by atoms with Gasteiger partial charge in [-0.1, -0.05) is 18.2 Å². The number of anilines is 1. The fraction of sp³-hybridized carbons (Fsp3) is 0.517. The van der Waals surface area contributed by atoms with E-state index in [0.717, 1.165) is 11.3 Å². The lowest BCUT2D eigenvalue weighted by atomic mass is 9.81. The summed E-state index contributed by atoms with van der Waals surface area (Å²) in [6.07, 6.45) is 1.50. The van der Waals surface area contributed by atoms with Crippen LogP contribution in [0.25, 0.3) is 0 Å². The second-order valence-electron chi connectivity index (χ2n) is 11.0. The standard InChI is InChI=1S/C29H35F3N4O2/c1-19(2)38-24-10-4-7-21(15-24)18-35-14-13-28(17-20(35)3)26(33-25-11-6-12-29(25,31)32)34-27(37)36(28)23-9-5-8-22(30)16-23/h4-5,7-10,15-16,19-20,25H,6,11-14,17-18H2,1-3H3,(H,33,34,37)/t20-,25+,28+/m0/s1. The molecule has 2 amide bonds. The van der Waals surface area contributed by atoms with E-state index in [4.69, 9.17) is 4.74 Å². The molecule has 204 valence electrons. The van der Waals surface area contributed by atoms with Crippen LogP contribution in [0.4, 0.5) is 23.7 Å². The van der Waals surface area contributed by atoms with E-state index in [2.05, 4.69) is 28.2 Å². The summed E-state index contributed by atoms with van der Waals surface area (Å²) in [4.78, 5) is 21.7. The molecule has 1 N–H and O–H groups in total. The topological polar surface area (TPSA) is 57.2 Å². The van der Waals surface area contributed by atoms with Crippen molar-refractivity contribution in [3.63, 3.8) is 0 Å². The van der Waals surface area contributed by atoms with E-state index in [1.54, 1.807) is 12.1 Å². The summed E-state index contributed by atoms with van der Waals surface area (Å²) in [7, 11) is 0. The third kappa shape index (κ3) is 5.13. The number of ether oxygens (including phenoxy) is 1. The zero-order chi connectivity index (χ0) is 27.1. The first kappa shape index (κ1) is 26.5. The Labute approximate surface area is 221 Å². The van der Waals surface area contributed by atoms with E-state index in [0.29, 0.717) is 38.0 Å². The second-order valence-corrected chi connectivity index (χ2v) is 11.0. The predicted octanol–water partition coefficient (Wildman–Crippen LogP) is 6.15. The minimum absolute atomic E-state index is 0.00327. The number of hydrogen-bond acceptors (Lipinski definition) is 4. The molecule has 0 radical (unpaired) electrons. The number of amides is 2. The number of halogens is 3. The monoisotopic (exact) mass is 528 g/mol. The van der Waals surface area contributed by atoms with Gasteiger partial charge in [0, 0.05) is 31.2 Å². The minimum atomic E-state index is -2.90. The van der Waals surface area contributed by atoms with Gasteiger partial charge in [0.2, 0.25) is 0 Å². The number of carbonyl (C=O) groups is 1. The summed E-state index contributed by atoms with van der Waals surface area (Å²) in [6.45, 7) is 7.34. The first-order valence-corrected chi connectivity index (χ1v) is 13.4. The number of urea groups is 1. The summed E-state index contributed by atoms with van der Waals surface area (Å²) < 4.78 is 49.2. The molecule has 2 aromatic carbocycles. The Morgan fingerprint density at radius 2 is 1.95 bits per heavy atom. The molecule has 1 spiro atoms. The molecule has 9 heteroatoms. The molecule has 1 saturated carbocycles. The molecule has 1 aliphatic carbocycles. The van der Waals surface area contributed by atoms with Crippen LogP contribution in [0.5, 0.6) is 5.75 Å². The quantitative estimate of drug-likeness (QED) is 0.489. The van der Waals surface area contributed by atoms with Crippen molar-refractivity contribution in [2.24, 2.45) is 4.99 Å². The third-order valence-corrected chi connectivity index (χ3v) is 7.85. The minimum Gasteiger partial charge on any atom is -0.491 e. The van der Waals surface area contributed by atoms with Crippen LogP contribution in [-0.2, 0) is 6.54 Å². The number of piperidine rings is 1. The van der Waals surface area contributed by atoms with Crippen LogP contribution in [0.15, 0.2) is 53.5 Å². The van der Waals surface area contributed by atoms with Gasteiger partial charge in [0.25, 0.3) is 5.92 Å². The second kappa shape index (κ2) is 10.2. The van der Waals surface area contributed by atoms with Gasteiger partial charge in [-0.05, 0) is 82.3 Å². The Bertz CT molecular complexity index is 1220. The van der Waals surface area contributed by atoms with E-state index >= 15 is 0 Å². The number of nitrogens with one attached hydrogen (secondary N) is 1. The van der Waals surface area contributed by atoms with Gasteiger partial charge in [0.15, 0.2) is 0 Å². The highest BCUT2D eigenvalue weighted by molar-refractivity contribution is 6.19. The smallest absolute Gasteiger partial charge is 0.328 e. The van der Waals surface area contributed by atoms with Crippen molar-refractivity contribution in [1.82, 2.24) is 10.2 Å². The van der Waals surface area contributed by atoms with Gasteiger partial charge in [0.1, 0.15) is 29.0 Å². The molecule has 0 bridgehead atoms. The molecule has 2 saturated heterocycles. The average Bonchev–Trinajstić information content (AvgIpc) is 3.30. The molecule has 38 heavy (non-hydrogen) atoms. The Morgan fingerprint density at radius 3 is 2.63 bits per heavy atom. The Balaban J connectivity index is 1.45. The van der Waals surface area contributed by atoms with E-state index < -0.39 is 29.4 Å². The molecule has 0 aromatic heterocycles. The third-order valence-electron chi connectivity index (χ3n) is 7.85. The number of nitrogens with zero attached hydrogens (tertiary/aromatic N) is 3. The van der Waals surface area contributed by atoms with E-state index in [-0.39, 0.29) is 30.8 Å². The van der Waals surface area contributed by atoms with Crippen molar-refractivity contribution in [3.05, 3.63) is 59.9 Å². The van der Waals surface area contributed by atoms with Gasteiger partial charge < -0.3 is 4.74 Å². The Morgan fingerprint density at radius 1 is 1.16 bits per heavy atom. The molecular weight excluding hydrogens is 493 g/mol. The zero-order valence-electron chi connectivity index (χ0n) is 22.1. The maximum Gasteiger partial charge on any atom is 0.328 e. The zero-order valence-corrected chi connectivity index (χ0v) is 22.1. The molecule has 3 aliphatic rings. The van der Waals surface area contributed by atoms with Crippen molar-refractivity contribution in [2.75, 3.05) is 11.4 Å². The number of likely N-dealkylation sites (tertiary alicyclic amines) is 1. The van der Waals surface area contributed by atoms with E-state index in [9.17, 15) is 18.0 Å². The summed E-state index contributed by atoms with van der Waals surface area (Å²) in [6, 6.07) is 12.2. The van der Waals surface area contributed by atoms with Crippen molar-refractivity contribution in [3.8, 4) is 5.75 Å². The fourth-order valence-electron chi connectivity index (χ4n) is 6.08. The van der Waals surface area contributed by atoms with Crippen molar-refractivity contribution >= 4 is 17.6 Å². The van der Waals surface area contributed by atoms with Gasteiger partial charge in [-0.3, -0.25) is 20.1 Å². The summed E-state index contributed by atoms with van der Waals surface area (Å²) in [5, 5.41) is 2.80. The maximum atomic E-state index is 14.6. The average molecular weight is 529 g/mol. The van der Waals surface area contributed by atoms with Crippen LogP contribution in [0.3, 0.4) is 0 Å². The van der Waals surface area contributed by atoms with Crippen LogP contribution in [0.1, 0.15) is 58.4 Å². The van der Waals surface area contributed by atoms with Gasteiger partial charge in [-0.2, -0.15) is 0 Å². The molecule has 2 aliphatic heterocycles. The molecular formula is C29H35F3N4O2. The van der Waals surface area contributed by atoms with Crippen LogP contribution in [-0.4, -0.2) is 53.0 Å². The molecule has 6 nitrogen and oxygen atoms in total. The SMILES string of the molecule is CC(C)Oc1cccc(CN2CC[C@@]3(C[C@@H]2C)C(=N[C@@H]2CCCC2(F)F)NC(=O)N3c2cccc(F)c2)c1. The van der Waals surface area contributed by atoms with Crippen molar-refractivity contribution < 1.29 is 22.7 Å². The summed E-state index contributed by atoms with van der Waals surface area (Å²) in [5.74, 6) is -2.28. The van der Waals surface area contributed by atoms with Gasteiger partial charge >= 0.3 is 6.03 Å². The highest BCUT2D eigenvalue weighted by atomic mass is 19.3. The van der Waals surface area contributed by atoms with Crippen LogP contribution in [0.2, 0.25) is 0 Å². The van der Waals surface area contributed by atoms with Gasteiger partial charge in [0.05, 0.1) is 6.10 Å². The predicted molar refractivity (Wildman–Crippen MR) is 141 cm³/mol. The fourth-order valence-corrected chi connectivity index (χ4v) is 6.08. The lowest BCUT2D eigenvalue weighted by Gasteiger charge is -2.47. The van der Waals surface area contributed by atoms with Crippen LogP contribution < -0.4 is 15.0 Å². The van der Waals surface area contributed by atoms with E-state index in [1.807, 2.05) is 32.0 Å².